The van der Waals surface area contributed by atoms with E-state index in [1.165, 1.54) is 23.3 Å². The van der Waals surface area contributed by atoms with E-state index in [0.29, 0.717) is 12.0 Å². The van der Waals surface area contributed by atoms with Gasteiger partial charge in [-0.15, -0.1) is 23.1 Å². The highest BCUT2D eigenvalue weighted by atomic mass is 32.2. The second-order valence-electron chi connectivity index (χ2n) is 8.28. The molecular formula is C20H27NO3S2. The van der Waals surface area contributed by atoms with Crippen molar-refractivity contribution in [3.8, 4) is 0 Å². The van der Waals surface area contributed by atoms with Crippen molar-refractivity contribution in [2.75, 3.05) is 38.7 Å². The fourth-order valence-corrected chi connectivity index (χ4v) is 7.47. The summed E-state index contributed by atoms with van der Waals surface area (Å²) >= 11 is 3.76. The highest BCUT2D eigenvalue weighted by Gasteiger charge is 2.51. The molecule has 1 aromatic rings. The molecule has 3 fully saturated rings. The third kappa shape index (κ3) is 3.34. The molecule has 6 heteroatoms. The molecule has 1 aromatic heterocycles. The number of likely N-dealkylation sites (tertiary alicyclic amines) is 1. The molecule has 0 saturated carbocycles. The van der Waals surface area contributed by atoms with Crippen molar-refractivity contribution in [3.05, 3.63) is 21.4 Å². The van der Waals surface area contributed by atoms with Gasteiger partial charge in [0.05, 0.1) is 15.7 Å². The van der Waals surface area contributed by atoms with Crippen LogP contribution in [0.5, 0.6) is 0 Å². The number of ether oxygens (including phenoxy) is 2. The molecule has 3 aliphatic heterocycles. The van der Waals surface area contributed by atoms with Gasteiger partial charge in [0, 0.05) is 43.5 Å². The number of amides is 1. The molecule has 26 heavy (non-hydrogen) atoms. The topological polar surface area (TPSA) is 38.8 Å². The minimum Gasteiger partial charge on any atom is -0.381 e. The smallest absolute Gasteiger partial charge is 0.264 e. The third-order valence-corrected chi connectivity index (χ3v) is 9.09. The molecule has 0 bridgehead atoms. The predicted molar refractivity (Wildman–Crippen MR) is 105 cm³/mol. The van der Waals surface area contributed by atoms with Crippen molar-refractivity contribution in [2.24, 2.45) is 5.92 Å². The molecule has 4 nitrogen and oxygen atoms in total. The van der Waals surface area contributed by atoms with E-state index in [9.17, 15) is 4.79 Å². The molecule has 1 spiro atoms. The van der Waals surface area contributed by atoms with Gasteiger partial charge in [0.15, 0.2) is 0 Å². The molecule has 0 radical (unpaired) electrons. The molecule has 142 valence electrons. The summed E-state index contributed by atoms with van der Waals surface area (Å²) in [5, 5.41) is 0. The Morgan fingerprint density at radius 2 is 2.15 bits per heavy atom. The standard InChI is InChI=1S/C20H27NO3S2/c22-19(18-8-15-2-1-3-17(15)26-18)21-12-20(13-21)9-16(11-25-20)24-10-14-4-6-23-7-5-14/h8,14,16H,1-7,9-13H2. The summed E-state index contributed by atoms with van der Waals surface area (Å²) in [4.78, 5) is 17.2. The monoisotopic (exact) mass is 393 g/mol. The summed E-state index contributed by atoms with van der Waals surface area (Å²) in [7, 11) is 0. The van der Waals surface area contributed by atoms with E-state index in [0.717, 1.165) is 69.2 Å². The quantitative estimate of drug-likeness (QED) is 0.786. The van der Waals surface area contributed by atoms with Crippen LogP contribution in [0.25, 0.3) is 0 Å². The summed E-state index contributed by atoms with van der Waals surface area (Å²) in [6.07, 6.45) is 7.33. The summed E-state index contributed by atoms with van der Waals surface area (Å²) in [5.41, 5.74) is 1.42. The number of hydrogen-bond donors (Lipinski definition) is 0. The van der Waals surface area contributed by atoms with E-state index in [-0.39, 0.29) is 10.7 Å². The highest BCUT2D eigenvalue weighted by Crippen LogP contribution is 2.47. The van der Waals surface area contributed by atoms with E-state index >= 15 is 0 Å². The maximum atomic E-state index is 12.8. The lowest BCUT2D eigenvalue weighted by atomic mass is 9.92. The van der Waals surface area contributed by atoms with Gasteiger partial charge in [0.1, 0.15) is 0 Å². The lowest BCUT2D eigenvalue weighted by Gasteiger charge is -2.47. The van der Waals surface area contributed by atoms with Crippen molar-refractivity contribution in [3.63, 3.8) is 0 Å². The minimum absolute atomic E-state index is 0.252. The summed E-state index contributed by atoms with van der Waals surface area (Å²) in [6.45, 7) is 4.46. The zero-order chi connectivity index (χ0) is 17.6. The normalized spacial score (nSPS) is 27.7. The first kappa shape index (κ1) is 17.5. The number of hydrogen-bond acceptors (Lipinski definition) is 5. The number of nitrogens with zero attached hydrogens (tertiary/aromatic N) is 1. The van der Waals surface area contributed by atoms with Crippen molar-refractivity contribution >= 4 is 29.0 Å². The summed E-state index contributed by atoms with van der Waals surface area (Å²) < 4.78 is 11.9. The van der Waals surface area contributed by atoms with Crippen LogP contribution in [0.2, 0.25) is 0 Å². The van der Waals surface area contributed by atoms with E-state index in [2.05, 4.69) is 11.0 Å². The Morgan fingerprint density at radius 3 is 2.96 bits per heavy atom. The fraction of sp³-hybridized carbons (Fsp3) is 0.750. The third-order valence-electron chi connectivity index (χ3n) is 6.29. The van der Waals surface area contributed by atoms with Gasteiger partial charge in [-0.2, -0.15) is 0 Å². The van der Waals surface area contributed by atoms with E-state index in [4.69, 9.17) is 9.47 Å². The van der Waals surface area contributed by atoms with E-state index in [1.807, 2.05) is 11.8 Å². The van der Waals surface area contributed by atoms with E-state index < -0.39 is 0 Å². The van der Waals surface area contributed by atoms with Gasteiger partial charge in [0.25, 0.3) is 5.91 Å². The van der Waals surface area contributed by atoms with Crippen LogP contribution < -0.4 is 0 Å². The molecule has 0 aromatic carbocycles. The first-order valence-corrected chi connectivity index (χ1v) is 11.8. The average molecular weight is 394 g/mol. The SMILES string of the molecule is O=C(c1cc2c(s1)CCC2)N1CC2(CC(OCC3CCOCC3)CS2)C1. The molecule has 1 aliphatic carbocycles. The van der Waals surface area contributed by atoms with Crippen LogP contribution in [0.3, 0.4) is 0 Å². The van der Waals surface area contributed by atoms with Gasteiger partial charge in [-0.1, -0.05) is 0 Å². The Kier molecular flexibility index (Phi) is 4.80. The number of fused-ring (bicyclic) bond motifs is 1. The Morgan fingerprint density at radius 1 is 1.31 bits per heavy atom. The zero-order valence-electron chi connectivity index (χ0n) is 15.2. The van der Waals surface area contributed by atoms with Gasteiger partial charge in [-0.3, -0.25) is 4.79 Å². The average Bonchev–Trinajstić information content (AvgIpc) is 3.33. The number of thioether (sulfide) groups is 1. The number of rotatable bonds is 4. The van der Waals surface area contributed by atoms with Gasteiger partial charge < -0.3 is 14.4 Å². The van der Waals surface area contributed by atoms with Crippen LogP contribution in [-0.2, 0) is 22.3 Å². The van der Waals surface area contributed by atoms with Crippen LogP contribution >= 0.6 is 23.1 Å². The number of thiophene rings is 1. The second-order valence-corrected chi connectivity index (χ2v) is 10.9. The predicted octanol–water partition coefficient (Wildman–Crippen LogP) is 3.38. The lowest BCUT2D eigenvalue weighted by molar-refractivity contribution is -0.0118. The Labute approximate surface area is 163 Å². The molecule has 3 saturated heterocycles. The van der Waals surface area contributed by atoms with Gasteiger partial charge in [-0.25, -0.2) is 0 Å². The molecule has 1 amide bonds. The fourth-order valence-electron chi connectivity index (χ4n) is 4.70. The maximum Gasteiger partial charge on any atom is 0.264 e. The number of carbonyl (C=O) groups excluding carboxylic acids is 1. The van der Waals surface area contributed by atoms with Crippen LogP contribution in [0.1, 0.15) is 45.8 Å². The zero-order valence-corrected chi connectivity index (χ0v) is 16.8. The van der Waals surface area contributed by atoms with Gasteiger partial charge >= 0.3 is 0 Å². The largest absolute Gasteiger partial charge is 0.381 e. The van der Waals surface area contributed by atoms with Crippen LogP contribution in [0.15, 0.2) is 6.07 Å². The molecular weight excluding hydrogens is 366 g/mol. The van der Waals surface area contributed by atoms with Crippen molar-refractivity contribution in [1.29, 1.82) is 0 Å². The Bertz CT molecular complexity index is 655. The molecule has 1 unspecified atom stereocenters. The van der Waals surface area contributed by atoms with Crippen LogP contribution in [-0.4, -0.2) is 60.3 Å². The van der Waals surface area contributed by atoms with Crippen LogP contribution in [0.4, 0.5) is 0 Å². The first-order chi connectivity index (χ1) is 12.7. The molecule has 1 atom stereocenters. The lowest BCUT2D eigenvalue weighted by Crippen LogP contribution is -2.60. The molecule has 4 aliphatic rings. The van der Waals surface area contributed by atoms with Crippen molar-refractivity contribution in [1.82, 2.24) is 4.90 Å². The Balaban J connectivity index is 1.11. The minimum atomic E-state index is 0.252. The summed E-state index contributed by atoms with van der Waals surface area (Å²) in [6, 6.07) is 2.15. The van der Waals surface area contributed by atoms with E-state index in [1.54, 1.807) is 11.3 Å². The Hall–Kier alpha value is -0.560. The number of aryl methyl sites for hydroxylation is 2. The second kappa shape index (κ2) is 7.12. The maximum absolute atomic E-state index is 12.8. The van der Waals surface area contributed by atoms with Gasteiger partial charge in [-0.05, 0) is 56.1 Å². The molecule has 5 rings (SSSR count). The highest BCUT2D eigenvalue weighted by molar-refractivity contribution is 8.01. The van der Waals surface area contributed by atoms with Crippen molar-refractivity contribution < 1.29 is 14.3 Å². The van der Waals surface area contributed by atoms with Crippen molar-refractivity contribution in [2.45, 2.75) is 49.4 Å². The molecule has 4 heterocycles. The summed E-state index contributed by atoms with van der Waals surface area (Å²) in [5.74, 6) is 2.01. The van der Waals surface area contributed by atoms with Crippen LogP contribution in [0, 0.1) is 5.92 Å². The molecule has 0 N–H and O–H groups in total. The van der Waals surface area contributed by atoms with Gasteiger partial charge in [0.2, 0.25) is 0 Å². The first-order valence-electron chi connectivity index (χ1n) is 9.95. The number of carbonyl (C=O) groups is 1.